The number of hydrogen-bond donors (Lipinski definition) is 3. The van der Waals surface area contributed by atoms with Crippen LogP contribution in [0.3, 0.4) is 0 Å². The van der Waals surface area contributed by atoms with Crippen LogP contribution in [0.5, 0.6) is 0 Å². The number of nitrogens with one attached hydrogen (secondary N) is 3. The van der Waals surface area contributed by atoms with E-state index in [0.29, 0.717) is 18.5 Å². The summed E-state index contributed by atoms with van der Waals surface area (Å²) in [5.41, 5.74) is 2.40. The summed E-state index contributed by atoms with van der Waals surface area (Å²) in [7, 11) is 0. The minimum absolute atomic E-state index is 0.0763. The molecule has 0 saturated heterocycles. The molecule has 0 heterocycles. The highest BCUT2D eigenvalue weighted by Gasteiger charge is 2.05. The Kier molecular flexibility index (Phi) is 6.45. The Bertz CT molecular complexity index is 715. The average molecular weight is 341 g/mol. The van der Waals surface area contributed by atoms with Gasteiger partial charge in [-0.3, -0.25) is 9.59 Å². The van der Waals surface area contributed by atoms with E-state index < -0.39 is 0 Å². The summed E-state index contributed by atoms with van der Waals surface area (Å²) in [4.78, 5) is 23.3. The number of rotatable bonds is 5. The van der Waals surface area contributed by atoms with Crippen molar-refractivity contribution in [2.45, 2.75) is 19.8 Å². The van der Waals surface area contributed by atoms with Crippen LogP contribution in [0, 0.1) is 0 Å². The molecule has 0 aliphatic heterocycles. The normalized spacial score (nSPS) is 9.88. The van der Waals surface area contributed by atoms with Crippen molar-refractivity contribution in [3.8, 4) is 0 Å². The molecule has 0 bridgehead atoms. The first-order valence-electron chi connectivity index (χ1n) is 7.61. The van der Waals surface area contributed by atoms with Crippen molar-refractivity contribution >= 4 is 40.5 Å². The lowest BCUT2D eigenvalue weighted by Gasteiger charge is -2.10. The van der Waals surface area contributed by atoms with Crippen LogP contribution in [0.15, 0.2) is 54.6 Å². The Morgan fingerprint density at radius 3 is 2.04 bits per heavy atom. The van der Waals surface area contributed by atoms with Gasteiger partial charge < -0.3 is 16.0 Å². The van der Waals surface area contributed by atoms with E-state index in [1.165, 1.54) is 0 Å². The van der Waals surface area contributed by atoms with Crippen LogP contribution >= 0.6 is 12.2 Å². The van der Waals surface area contributed by atoms with Gasteiger partial charge in [0.2, 0.25) is 11.8 Å². The summed E-state index contributed by atoms with van der Waals surface area (Å²) < 4.78 is 0. The summed E-state index contributed by atoms with van der Waals surface area (Å²) in [6.07, 6.45) is 0.697. The van der Waals surface area contributed by atoms with Crippen molar-refractivity contribution in [2.24, 2.45) is 0 Å². The van der Waals surface area contributed by atoms with Gasteiger partial charge in [0.25, 0.3) is 0 Å². The molecule has 2 rings (SSSR count). The van der Waals surface area contributed by atoms with E-state index in [0.717, 1.165) is 11.3 Å². The van der Waals surface area contributed by atoms with Crippen LogP contribution in [0.2, 0.25) is 0 Å². The molecule has 24 heavy (non-hydrogen) atoms. The van der Waals surface area contributed by atoms with E-state index in [2.05, 4.69) is 16.0 Å². The average Bonchev–Trinajstić information content (AvgIpc) is 2.57. The number of hydrogen-bond acceptors (Lipinski definition) is 3. The highest BCUT2D eigenvalue weighted by atomic mass is 32.1. The van der Waals surface area contributed by atoms with E-state index in [1.807, 2.05) is 30.3 Å². The molecule has 0 saturated carbocycles. The van der Waals surface area contributed by atoms with Gasteiger partial charge in [0.05, 0.1) is 6.42 Å². The summed E-state index contributed by atoms with van der Waals surface area (Å²) in [6.45, 7) is 1.75. The molecule has 0 atom stereocenters. The molecule has 0 aliphatic carbocycles. The van der Waals surface area contributed by atoms with E-state index in [9.17, 15) is 9.59 Å². The monoisotopic (exact) mass is 341 g/mol. The lowest BCUT2D eigenvalue weighted by molar-refractivity contribution is -0.119. The Morgan fingerprint density at radius 2 is 1.46 bits per heavy atom. The number of thiocarbonyl (C=S) groups is 1. The van der Waals surface area contributed by atoms with Gasteiger partial charge >= 0.3 is 0 Å². The molecule has 2 aromatic rings. The van der Waals surface area contributed by atoms with Crippen LogP contribution in [0.1, 0.15) is 18.9 Å². The second-order valence-corrected chi connectivity index (χ2v) is 5.55. The van der Waals surface area contributed by atoms with E-state index in [-0.39, 0.29) is 16.9 Å². The molecule has 0 radical (unpaired) electrons. The van der Waals surface area contributed by atoms with Crippen LogP contribution in [-0.2, 0) is 16.0 Å². The Balaban J connectivity index is 1.86. The molecule has 3 N–H and O–H groups in total. The first-order chi connectivity index (χ1) is 11.6. The molecule has 5 nitrogen and oxygen atoms in total. The van der Waals surface area contributed by atoms with E-state index in [1.54, 1.807) is 31.2 Å². The van der Waals surface area contributed by atoms with Crippen molar-refractivity contribution in [3.05, 3.63) is 60.2 Å². The molecular formula is C18H19N3O2S. The van der Waals surface area contributed by atoms with Crippen molar-refractivity contribution in [3.63, 3.8) is 0 Å². The lowest BCUT2D eigenvalue weighted by atomic mass is 10.1. The van der Waals surface area contributed by atoms with Crippen molar-refractivity contribution in [1.29, 1.82) is 0 Å². The molecule has 0 fully saturated rings. The van der Waals surface area contributed by atoms with Crippen LogP contribution in [0.25, 0.3) is 0 Å². The third kappa shape index (κ3) is 5.81. The Labute approximate surface area is 146 Å². The molecule has 2 aromatic carbocycles. The zero-order chi connectivity index (χ0) is 17.4. The largest absolute Gasteiger partial charge is 0.332 e. The zero-order valence-electron chi connectivity index (χ0n) is 13.3. The zero-order valence-corrected chi connectivity index (χ0v) is 14.2. The molecule has 0 unspecified atom stereocenters. The molecule has 0 spiro atoms. The number of anilines is 2. The molecule has 6 heteroatoms. The summed E-state index contributed by atoms with van der Waals surface area (Å²) in [6, 6.07) is 16.7. The van der Waals surface area contributed by atoms with Gasteiger partial charge in [-0.05, 0) is 42.0 Å². The predicted octanol–water partition coefficient (Wildman–Crippen LogP) is 3.09. The molecular weight excluding hydrogens is 322 g/mol. The van der Waals surface area contributed by atoms with Gasteiger partial charge in [0.1, 0.15) is 0 Å². The summed E-state index contributed by atoms with van der Waals surface area (Å²) in [5, 5.41) is 8.57. The fraction of sp³-hybridized carbons (Fsp3) is 0.167. The minimum Gasteiger partial charge on any atom is -0.332 e. The van der Waals surface area contributed by atoms with Gasteiger partial charge in [-0.15, -0.1) is 0 Å². The molecule has 0 aromatic heterocycles. The third-order valence-corrected chi connectivity index (χ3v) is 3.41. The predicted molar refractivity (Wildman–Crippen MR) is 99.9 cm³/mol. The first-order valence-corrected chi connectivity index (χ1v) is 8.02. The van der Waals surface area contributed by atoms with Gasteiger partial charge in [0.15, 0.2) is 5.11 Å². The highest BCUT2D eigenvalue weighted by molar-refractivity contribution is 7.80. The Hall–Kier alpha value is -2.73. The van der Waals surface area contributed by atoms with Crippen LogP contribution in [-0.4, -0.2) is 16.9 Å². The number of carbonyl (C=O) groups excluding carboxylic acids is 2. The SMILES string of the molecule is CCC(=O)NC(=S)Nc1ccc(NC(=O)Cc2ccccc2)cc1. The number of amides is 2. The maximum Gasteiger partial charge on any atom is 0.228 e. The Morgan fingerprint density at radius 1 is 0.875 bits per heavy atom. The second-order valence-electron chi connectivity index (χ2n) is 5.14. The fourth-order valence-electron chi connectivity index (χ4n) is 2.00. The number of carbonyl (C=O) groups is 2. The lowest BCUT2D eigenvalue weighted by Crippen LogP contribution is -2.33. The van der Waals surface area contributed by atoms with Crippen molar-refractivity contribution in [1.82, 2.24) is 5.32 Å². The van der Waals surface area contributed by atoms with Crippen molar-refractivity contribution < 1.29 is 9.59 Å². The van der Waals surface area contributed by atoms with E-state index >= 15 is 0 Å². The number of benzene rings is 2. The fourth-order valence-corrected chi connectivity index (χ4v) is 2.23. The van der Waals surface area contributed by atoms with E-state index in [4.69, 9.17) is 12.2 Å². The maximum absolute atomic E-state index is 12.0. The standard InChI is InChI=1S/C18H19N3O2S/c1-2-16(22)21-18(24)20-15-10-8-14(9-11-15)19-17(23)12-13-6-4-3-5-7-13/h3-11H,2,12H2,1H3,(H,19,23)(H2,20,21,22,24). The molecule has 0 aliphatic rings. The van der Waals surface area contributed by atoms with Crippen LogP contribution < -0.4 is 16.0 Å². The van der Waals surface area contributed by atoms with Gasteiger partial charge in [0, 0.05) is 17.8 Å². The van der Waals surface area contributed by atoms with Crippen LogP contribution in [0.4, 0.5) is 11.4 Å². The van der Waals surface area contributed by atoms with Gasteiger partial charge in [-0.1, -0.05) is 37.3 Å². The molecule has 2 amide bonds. The maximum atomic E-state index is 12.0. The topological polar surface area (TPSA) is 70.2 Å². The summed E-state index contributed by atoms with van der Waals surface area (Å²) in [5.74, 6) is -0.218. The quantitative estimate of drug-likeness (QED) is 0.731. The first kappa shape index (κ1) is 17.6. The summed E-state index contributed by atoms with van der Waals surface area (Å²) >= 11 is 5.04. The molecule has 124 valence electrons. The third-order valence-electron chi connectivity index (χ3n) is 3.21. The smallest absolute Gasteiger partial charge is 0.228 e. The minimum atomic E-state index is -0.141. The van der Waals surface area contributed by atoms with Gasteiger partial charge in [-0.25, -0.2) is 0 Å². The highest BCUT2D eigenvalue weighted by Crippen LogP contribution is 2.14. The second kappa shape index (κ2) is 8.79. The van der Waals surface area contributed by atoms with Gasteiger partial charge in [-0.2, -0.15) is 0 Å². The van der Waals surface area contributed by atoms with Crippen molar-refractivity contribution in [2.75, 3.05) is 10.6 Å².